The van der Waals surface area contributed by atoms with Crippen molar-refractivity contribution in [3.05, 3.63) is 93.5 Å². The summed E-state index contributed by atoms with van der Waals surface area (Å²) in [5.74, 6) is -0.446. The topological polar surface area (TPSA) is 121 Å². The molecule has 0 aliphatic rings. The van der Waals surface area contributed by atoms with Gasteiger partial charge in [-0.1, -0.05) is 29.3 Å². The molecule has 0 unspecified atom stereocenters. The number of Topliss-reactive ketones (excluding diaryl/α,β-unsaturated/α-hetero) is 1. The van der Waals surface area contributed by atoms with Crippen LogP contribution in [0.2, 0.25) is 10.0 Å². The molecule has 3 aromatic carbocycles. The largest absolute Gasteiger partial charge is 0.368 e. The zero-order chi connectivity index (χ0) is 30.6. The third-order valence-corrected chi connectivity index (χ3v) is 8.34. The van der Waals surface area contributed by atoms with E-state index in [9.17, 15) is 18.0 Å². The average Bonchev–Trinajstić information content (AvgIpc) is 3.23. The minimum absolute atomic E-state index is 0.0120. The van der Waals surface area contributed by atoms with Crippen molar-refractivity contribution >= 4 is 62.3 Å². The molecule has 1 amide bonds. The van der Waals surface area contributed by atoms with Crippen LogP contribution in [0.5, 0.6) is 0 Å². The molecule has 0 radical (unpaired) electrons. The van der Waals surface area contributed by atoms with E-state index in [1.807, 2.05) is 6.07 Å². The lowest BCUT2D eigenvalue weighted by molar-refractivity contribution is 0.0791. The molecule has 1 heterocycles. The Bertz CT molecular complexity index is 1810. The smallest absolute Gasteiger partial charge is 0.283 e. The quantitative estimate of drug-likeness (QED) is 0.148. The SMILES string of the molecule is CN(C)C=NS(=O)(=O)c1ccc(C(=O)N(C)CCCn2c(=N)n(CC(=O)c3ccc(Cl)cc3)c3cccc(Cl)c32)cc1. The fourth-order valence-corrected chi connectivity index (χ4v) is 5.69. The summed E-state index contributed by atoms with van der Waals surface area (Å²) in [5, 5.41) is 9.82. The molecule has 42 heavy (non-hydrogen) atoms. The molecule has 0 aliphatic carbocycles. The highest BCUT2D eigenvalue weighted by atomic mass is 35.5. The number of hydrogen-bond donors (Lipinski definition) is 1. The first-order valence-electron chi connectivity index (χ1n) is 12.9. The second kappa shape index (κ2) is 12.9. The van der Waals surface area contributed by atoms with Crippen LogP contribution in [0.1, 0.15) is 27.1 Å². The third kappa shape index (κ3) is 6.92. The van der Waals surface area contributed by atoms with Crippen molar-refractivity contribution in [3.8, 4) is 0 Å². The molecule has 0 fully saturated rings. The van der Waals surface area contributed by atoms with Gasteiger partial charge in [0.05, 0.1) is 27.5 Å². The number of halogens is 2. The number of benzene rings is 3. The van der Waals surface area contributed by atoms with Crippen LogP contribution in [0.4, 0.5) is 0 Å². The standard InChI is InChI=1S/C29H30Cl2N6O4S/c1-34(2)19-33-42(40,41)23-14-10-21(11-15-23)28(39)35(3)16-5-17-36-27-24(31)6-4-7-25(27)37(29(36)32)18-26(38)20-8-12-22(30)13-9-20/h4,6-15,19,32H,5,16-18H2,1-3H3. The second-order valence-electron chi connectivity index (χ2n) is 9.86. The number of rotatable bonds is 11. The summed E-state index contributed by atoms with van der Waals surface area (Å²) in [7, 11) is 1.11. The van der Waals surface area contributed by atoms with Crippen LogP contribution in [-0.4, -0.2) is 73.1 Å². The predicted molar refractivity (Wildman–Crippen MR) is 164 cm³/mol. The predicted octanol–water partition coefficient (Wildman–Crippen LogP) is 4.55. The van der Waals surface area contributed by atoms with Gasteiger partial charge in [0, 0.05) is 50.4 Å². The van der Waals surface area contributed by atoms with Gasteiger partial charge in [-0.05, 0) is 67.1 Å². The minimum atomic E-state index is -3.87. The molecule has 0 bridgehead atoms. The summed E-state index contributed by atoms with van der Waals surface area (Å²) in [6.45, 7) is 0.689. The van der Waals surface area contributed by atoms with Crippen molar-refractivity contribution in [2.24, 2.45) is 4.40 Å². The zero-order valence-electron chi connectivity index (χ0n) is 23.3. The number of ketones is 1. The van der Waals surface area contributed by atoms with E-state index in [2.05, 4.69) is 4.40 Å². The molecule has 13 heteroatoms. The van der Waals surface area contributed by atoms with Crippen LogP contribution < -0.4 is 5.62 Å². The Hall–Kier alpha value is -3.93. The Morgan fingerprint density at radius 1 is 0.929 bits per heavy atom. The molecule has 4 rings (SSSR count). The van der Waals surface area contributed by atoms with Crippen molar-refractivity contribution in [2.75, 3.05) is 27.7 Å². The first-order valence-corrected chi connectivity index (χ1v) is 15.1. The molecule has 0 saturated heterocycles. The van der Waals surface area contributed by atoms with Gasteiger partial charge in [-0.3, -0.25) is 15.0 Å². The number of carbonyl (C=O) groups excluding carboxylic acids is 2. The zero-order valence-corrected chi connectivity index (χ0v) is 25.6. The fourth-order valence-electron chi connectivity index (χ4n) is 4.38. The van der Waals surface area contributed by atoms with E-state index in [0.29, 0.717) is 51.7 Å². The number of aromatic nitrogens is 2. The van der Waals surface area contributed by atoms with Crippen molar-refractivity contribution < 1.29 is 18.0 Å². The van der Waals surface area contributed by atoms with Gasteiger partial charge in [0.2, 0.25) is 5.62 Å². The van der Waals surface area contributed by atoms with Gasteiger partial charge in [-0.2, -0.15) is 8.42 Å². The van der Waals surface area contributed by atoms with E-state index in [0.717, 1.165) is 0 Å². The first kappa shape index (κ1) is 31.0. The van der Waals surface area contributed by atoms with Crippen LogP contribution in [0.15, 0.2) is 76.0 Å². The molecule has 0 spiro atoms. The maximum Gasteiger partial charge on any atom is 0.283 e. The molecule has 0 aliphatic heterocycles. The van der Waals surface area contributed by atoms with Gasteiger partial charge >= 0.3 is 0 Å². The van der Waals surface area contributed by atoms with Gasteiger partial charge < -0.3 is 18.9 Å². The molecular weight excluding hydrogens is 599 g/mol. The summed E-state index contributed by atoms with van der Waals surface area (Å²) < 4.78 is 31.6. The summed E-state index contributed by atoms with van der Waals surface area (Å²) in [6.07, 6.45) is 1.70. The Balaban J connectivity index is 1.47. The molecular formula is C29H30Cl2N6O4S. The number of hydrogen-bond acceptors (Lipinski definition) is 5. The number of nitrogens with one attached hydrogen (secondary N) is 1. The Labute approximate surface area is 254 Å². The number of para-hydroxylation sites is 1. The molecule has 1 aromatic heterocycles. The lowest BCUT2D eigenvalue weighted by atomic mass is 10.1. The van der Waals surface area contributed by atoms with E-state index >= 15 is 0 Å². The number of sulfonamides is 1. The second-order valence-corrected chi connectivity index (χ2v) is 12.3. The fraction of sp³-hybridized carbons (Fsp3) is 0.241. The van der Waals surface area contributed by atoms with Crippen LogP contribution in [0, 0.1) is 5.41 Å². The van der Waals surface area contributed by atoms with Gasteiger partial charge in [0.25, 0.3) is 15.9 Å². The summed E-state index contributed by atoms with van der Waals surface area (Å²) >= 11 is 12.5. The van der Waals surface area contributed by atoms with Crippen molar-refractivity contribution in [1.29, 1.82) is 5.41 Å². The number of carbonyl (C=O) groups is 2. The number of amides is 1. The summed E-state index contributed by atoms with van der Waals surface area (Å²) in [5.41, 5.74) is 2.23. The maximum absolute atomic E-state index is 13.0. The van der Waals surface area contributed by atoms with Crippen molar-refractivity contribution in [3.63, 3.8) is 0 Å². The van der Waals surface area contributed by atoms with Crippen LogP contribution >= 0.6 is 23.2 Å². The molecule has 10 nitrogen and oxygen atoms in total. The third-order valence-electron chi connectivity index (χ3n) is 6.54. The van der Waals surface area contributed by atoms with E-state index < -0.39 is 10.0 Å². The van der Waals surface area contributed by atoms with Gasteiger partial charge in [0.15, 0.2) is 5.78 Å². The number of imidazole rings is 1. The van der Waals surface area contributed by atoms with Gasteiger partial charge in [0.1, 0.15) is 6.34 Å². The van der Waals surface area contributed by atoms with E-state index in [1.165, 1.54) is 40.4 Å². The molecule has 1 N–H and O–H groups in total. The number of nitrogens with zero attached hydrogens (tertiary/aromatic N) is 5. The minimum Gasteiger partial charge on any atom is -0.368 e. The lowest BCUT2D eigenvalue weighted by Crippen LogP contribution is -2.31. The highest BCUT2D eigenvalue weighted by Crippen LogP contribution is 2.24. The molecule has 0 atom stereocenters. The van der Waals surface area contributed by atoms with Crippen molar-refractivity contribution in [1.82, 2.24) is 18.9 Å². The Morgan fingerprint density at radius 2 is 1.57 bits per heavy atom. The summed E-state index contributed by atoms with van der Waals surface area (Å²) in [6, 6.07) is 17.5. The van der Waals surface area contributed by atoms with Crippen molar-refractivity contribution in [2.45, 2.75) is 24.4 Å². The van der Waals surface area contributed by atoms with Gasteiger partial charge in [-0.15, -0.1) is 4.40 Å². The Kier molecular flexibility index (Phi) is 9.55. The van der Waals surface area contributed by atoms with E-state index in [1.54, 1.807) is 66.7 Å². The van der Waals surface area contributed by atoms with Gasteiger partial charge in [-0.25, -0.2) is 0 Å². The summed E-state index contributed by atoms with van der Waals surface area (Å²) in [4.78, 5) is 29.0. The van der Waals surface area contributed by atoms with Crippen LogP contribution in [0.25, 0.3) is 11.0 Å². The average molecular weight is 630 g/mol. The Morgan fingerprint density at radius 3 is 2.21 bits per heavy atom. The first-order chi connectivity index (χ1) is 19.9. The molecule has 4 aromatic rings. The van der Waals surface area contributed by atoms with E-state index in [-0.39, 0.29) is 28.7 Å². The number of fused-ring (bicyclic) bond motifs is 1. The monoisotopic (exact) mass is 628 g/mol. The highest BCUT2D eigenvalue weighted by molar-refractivity contribution is 7.90. The number of aryl methyl sites for hydroxylation is 1. The highest BCUT2D eigenvalue weighted by Gasteiger charge is 2.19. The molecule has 0 saturated carbocycles. The molecule has 220 valence electrons. The lowest BCUT2D eigenvalue weighted by Gasteiger charge is -2.17. The van der Waals surface area contributed by atoms with Crippen LogP contribution in [0.3, 0.4) is 0 Å². The van der Waals surface area contributed by atoms with Crippen LogP contribution in [-0.2, 0) is 23.1 Å². The van der Waals surface area contributed by atoms with E-state index in [4.69, 9.17) is 28.6 Å². The normalized spacial score (nSPS) is 11.7. The maximum atomic E-state index is 13.0.